The molecule has 0 saturated heterocycles. The van der Waals surface area contributed by atoms with Crippen LogP contribution in [0.15, 0.2) is 36.4 Å². The van der Waals surface area contributed by atoms with Crippen LogP contribution in [0.4, 0.5) is 4.39 Å². The number of hydrogen-bond donors (Lipinski definition) is 1. The summed E-state index contributed by atoms with van der Waals surface area (Å²) in [7, 11) is 0. The molecule has 94 valence electrons. The number of ether oxygens (including phenoxy) is 1. The maximum absolute atomic E-state index is 13.3. The van der Waals surface area contributed by atoms with Crippen molar-refractivity contribution in [1.29, 1.82) is 5.26 Å². The summed E-state index contributed by atoms with van der Waals surface area (Å²) in [5, 5.41) is 17.4. The number of carboxylic acid groups (broad SMARTS) is 1. The molecule has 1 heterocycles. The molecule has 0 saturated carbocycles. The number of nitrogens with zero attached hydrogens (tertiary/aromatic N) is 2. The van der Waals surface area contributed by atoms with E-state index in [4.69, 9.17) is 15.1 Å². The number of hydrogen-bond acceptors (Lipinski definition) is 4. The van der Waals surface area contributed by atoms with Crippen LogP contribution in [-0.2, 0) is 0 Å². The number of nitriles is 1. The van der Waals surface area contributed by atoms with Crippen LogP contribution in [0.25, 0.3) is 0 Å². The topological polar surface area (TPSA) is 83.2 Å². The van der Waals surface area contributed by atoms with Gasteiger partial charge in [0.1, 0.15) is 17.6 Å². The van der Waals surface area contributed by atoms with Gasteiger partial charge in [0.15, 0.2) is 5.69 Å². The van der Waals surface area contributed by atoms with Gasteiger partial charge in [0.25, 0.3) is 0 Å². The van der Waals surface area contributed by atoms with Gasteiger partial charge >= 0.3 is 5.97 Å². The van der Waals surface area contributed by atoms with Gasteiger partial charge in [-0.2, -0.15) is 5.26 Å². The summed E-state index contributed by atoms with van der Waals surface area (Å²) in [5.74, 6) is -1.73. The second-order valence-electron chi connectivity index (χ2n) is 3.52. The van der Waals surface area contributed by atoms with Crippen molar-refractivity contribution >= 4 is 5.97 Å². The second kappa shape index (κ2) is 5.14. The first-order chi connectivity index (χ1) is 9.10. The first-order valence-electron chi connectivity index (χ1n) is 5.18. The minimum atomic E-state index is -1.18. The summed E-state index contributed by atoms with van der Waals surface area (Å²) < 4.78 is 18.6. The quantitative estimate of drug-likeness (QED) is 0.914. The highest BCUT2D eigenvalue weighted by molar-refractivity contribution is 5.85. The Morgan fingerprint density at radius 2 is 2.16 bits per heavy atom. The first kappa shape index (κ1) is 12.5. The molecule has 0 spiro atoms. The lowest BCUT2D eigenvalue weighted by Gasteiger charge is -2.05. The van der Waals surface area contributed by atoms with Crippen LogP contribution in [0.3, 0.4) is 0 Å². The van der Waals surface area contributed by atoms with Crippen molar-refractivity contribution in [2.75, 3.05) is 0 Å². The van der Waals surface area contributed by atoms with Gasteiger partial charge in [-0.15, -0.1) is 0 Å². The minimum Gasteiger partial charge on any atom is -0.477 e. The fourth-order valence-corrected chi connectivity index (χ4v) is 1.36. The van der Waals surface area contributed by atoms with Gasteiger partial charge in [-0.05, 0) is 18.2 Å². The number of carboxylic acids is 1. The zero-order chi connectivity index (χ0) is 13.8. The molecule has 6 heteroatoms. The Balaban J connectivity index is 2.26. The Labute approximate surface area is 107 Å². The number of rotatable bonds is 3. The number of halogens is 1. The van der Waals surface area contributed by atoms with E-state index in [1.807, 2.05) is 0 Å². The molecule has 0 aliphatic carbocycles. The maximum Gasteiger partial charge on any atom is 0.354 e. The fraction of sp³-hybridized carbons (Fsp3) is 0. The number of carbonyl (C=O) groups is 1. The SMILES string of the molecule is N#Cc1ccc(Oc2cccc(C(=O)O)n2)cc1F. The predicted octanol–water partition coefficient (Wildman–Crippen LogP) is 2.58. The van der Waals surface area contributed by atoms with Crippen molar-refractivity contribution in [1.82, 2.24) is 4.98 Å². The average molecular weight is 258 g/mol. The molecule has 0 unspecified atom stereocenters. The third-order valence-corrected chi connectivity index (χ3v) is 2.23. The van der Waals surface area contributed by atoms with E-state index in [2.05, 4.69) is 4.98 Å². The standard InChI is InChI=1S/C13H7FN2O3/c14-10-6-9(5-4-8(10)7-15)19-12-3-1-2-11(16-12)13(17)18/h1-6H,(H,17,18). The largest absolute Gasteiger partial charge is 0.477 e. The van der Waals surface area contributed by atoms with Crippen LogP contribution in [0.5, 0.6) is 11.6 Å². The predicted molar refractivity (Wildman–Crippen MR) is 62.4 cm³/mol. The van der Waals surface area contributed by atoms with Crippen LogP contribution in [-0.4, -0.2) is 16.1 Å². The van der Waals surface area contributed by atoms with Gasteiger partial charge in [0.05, 0.1) is 5.56 Å². The summed E-state index contributed by atoms with van der Waals surface area (Å²) in [6.07, 6.45) is 0. The summed E-state index contributed by atoms with van der Waals surface area (Å²) in [5.41, 5.74) is -0.272. The van der Waals surface area contributed by atoms with Crippen molar-refractivity contribution in [2.45, 2.75) is 0 Å². The molecule has 0 radical (unpaired) electrons. The summed E-state index contributed by atoms with van der Waals surface area (Å²) in [6.45, 7) is 0. The third-order valence-electron chi connectivity index (χ3n) is 2.23. The molecular weight excluding hydrogens is 251 g/mol. The molecule has 0 fully saturated rings. The molecule has 0 amide bonds. The number of aromatic nitrogens is 1. The van der Waals surface area contributed by atoms with Crippen LogP contribution in [0.1, 0.15) is 16.1 Å². The first-order valence-corrected chi connectivity index (χ1v) is 5.18. The molecule has 19 heavy (non-hydrogen) atoms. The van der Waals surface area contributed by atoms with Crippen molar-refractivity contribution in [3.05, 3.63) is 53.5 Å². The molecule has 5 nitrogen and oxygen atoms in total. The maximum atomic E-state index is 13.3. The van der Waals surface area contributed by atoms with Crippen LogP contribution in [0, 0.1) is 17.1 Å². The Hall–Kier alpha value is -2.94. The number of aromatic carboxylic acids is 1. The molecule has 0 atom stereocenters. The highest BCUT2D eigenvalue weighted by atomic mass is 19.1. The van der Waals surface area contributed by atoms with E-state index in [1.54, 1.807) is 6.07 Å². The highest BCUT2D eigenvalue weighted by Gasteiger charge is 2.08. The molecule has 0 aliphatic heterocycles. The fourth-order valence-electron chi connectivity index (χ4n) is 1.36. The van der Waals surface area contributed by atoms with Gasteiger partial charge < -0.3 is 9.84 Å². The lowest BCUT2D eigenvalue weighted by molar-refractivity contribution is 0.0689. The smallest absolute Gasteiger partial charge is 0.354 e. The normalized spacial score (nSPS) is 9.68. The van der Waals surface area contributed by atoms with Gasteiger partial charge in [-0.1, -0.05) is 6.07 Å². The van der Waals surface area contributed by atoms with Gasteiger partial charge in [0, 0.05) is 12.1 Å². The lowest BCUT2D eigenvalue weighted by Crippen LogP contribution is -2.00. The van der Waals surface area contributed by atoms with Gasteiger partial charge in [-0.25, -0.2) is 14.2 Å². The molecule has 1 aromatic carbocycles. The van der Waals surface area contributed by atoms with E-state index in [0.717, 1.165) is 6.07 Å². The number of pyridine rings is 1. The zero-order valence-corrected chi connectivity index (χ0v) is 9.50. The second-order valence-corrected chi connectivity index (χ2v) is 3.52. The van der Waals surface area contributed by atoms with Crippen molar-refractivity contribution in [3.63, 3.8) is 0 Å². The summed E-state index contributed by atoms with van der Waals surface area (Å²) >= 11 is 0. The van der Waals surface area contributed by atoms with E-state index >= 15 is 0 Å². The van der Waals surface area contributed by atoms with E-state index in [9.17, 15) is 9.18 Å². The molecular formula is C13H7FN2O3. The van der Waals surface area contributed by atoms with E-state index in [1.165, 1.54) is 30.3 Å². The van der Waals surface area contributed by atoms with E-state index < -0.39 is 11.8 Å². The lowest BCUT2D eigenvalue weighted by atomic mass is 10.2. The molecule has 2 rings (SSSR count). The Bertz CT molecular complexity index is 680. The van der Waals surface area contributed by atoms with Crippen LogP contribution in [0.2, 0.25) is 0 Å². The monoisotopic (exact) mass is 258 g/mol. The van der Waals surface area contributed by atoms with Crippen molar-refractivity contribution in [2.24, 2.45) is 0 Å². The Morgan fingerprint density at radius 1 is 1.37 bits per heavy atom. The van der Waals surface area contributed by atoms with E-state index in [-0.39, 0.29) is 22.9 Å². The van der Waals surface area contributed by atoms with Gasteiger partial charge in [-0.3, -0.25) is 0 Å². The number of benzene rings is 1. The van der Waals surface area contributed by atoms with Crippen molar-refractivity contribution < 1.29 is 19.0 Å². The molecule has 0 aliphatic rings. The highest BCUT2D eigenvalue weighted by Crippen LogP contribution is 2.22. The summed E-state index contributed by atoms with van der Waals surface area (Å²) in [4.78, 5) is 14.5. The van der Waals surface area contributed by atoms with Crippen molar-refractivity contribution in [3.8, 4) is 17.7 Å². The molecule has 2 aromatic rings. The molecule has 0 bridgehead atoms. The van der Waals surface area contributed by atoms with E-state index in [0.29, 0.717) is 0 Å². The Morgan fingerprint density at radius 3 is 2.79 bits per heavy atom. The van der Waals surface area contributed by atoms with Gasteiger partial charge in [0.2, 0.25) is 5.88 Å². The minimum absolute atomic E-state index is 0.0315. The molecule has 1 aromatic heterocycles. The molecule has 1 N–H and O–H groups in total. The van der Waals surface area contributed by atoms with Crippen LogP contribution < -0.4 is 4.74 Å². The Kier molecular flexibility index (Phi) is 3.39. The van der Waals surface area contributed by atoms with Crippen LogP contribution >= 0.6 is 0 Å². The zero-order valence-electron chi connectivity index (χ0n) is 9.50. The average Bonchev–Trinajstić information content (AvgIpc) is 2.39. The summed E-state index contributed by atoms with van der Waals surface area (Å²) in [6, 6.07) is 9.62. The third kappa shape index (κ3) is 2.84.